The molecule has 180 valence electrons. The number of unbranched alkanes of at least 4 members (excludes halogenated alkanes) is 1. The Morgan fingerprint density at radius 2 is 1.79 bits per heavy atom. The lowest BCUT2D eigenvalue weighted by atomic mass is 10.1. The Labute approximate surface area is 200 Å². The number of nitrogens with zero attached hydrogens (tertiary/aromatic N) is 3. The monoisotopic (exact) mass is 465 g/mol. The average molecular weight is 466 g/mol. The maximum absolute atomic E-state index is 13.5. The first-order valence-electron chi connectivity index (χ1n) is 11.6. The lowest BCUT2D eigenvalue weighted by Crippen LogP contribution is -2.46. The molecule has 0 saturated heterocycles. The fourth-order valence-corrected chi connectivity index (χ4v) is 3.50. The smallest absolute Gasteiger partial charge is 0.317 e. The highest BCUT2D eigenvalue weighted by atomic mass is 19.1. The van der Waals surface area contributed by atoms with Crippen molar-refractivity contribution in [3.8, 4) is 16.9 Å². The van der Waals surface area contributed by atoms with Crippen LogP contribution < -0.4 is 10.6 Å². The van der Waals surface area contributed by atoms with E-state index in [9.17, 15) is 14.0 Å². The quantitative estimate of drug-likeness (QED) is 0.410. The van der Waals surface area contributed by atoms with Crippen LogP contribution >= 0.6 is 0 Å². The van der Waals surface area contributed by atoms with Crippen LogP contribution in [0.5, 0.6) is 0 Å². The Hall–Kier alpha value is -3.68. The number of aromatic nitrogens is 2. The van der Waals surface area contributed by atoms with E-state index in [-0.39, 0.29) is 30.2 Å². The summed E-state index contributed by atoms with van der Waals surface area (Å²) in [6.45, 7) is 6.99. The van der Waals surface area contributed by atoms with Crippen molar-refractivity contribution in [2.45, 2.75) is 33.6 Å². The molecule has 0 aliphatic carbocycles. The Morgan fingerprint density at radius 3 is 2.44 bits per heavy atom. The van der Waals surface area contributed by atoms with Crippen molar-refractivity contribution in [1.82, 2.24) is 20.0 Å². The van der Waals surface area contributed by atoms with E-state index in [2.05, 4.69) is 22.7 Å². The van der Waals surface area contributed by atoms with E-state index in [1.54, 1.807) is 22.9 Å². The minimum absolute atomic E-state index is 0.0919. The lowest BCUT2D eigenvalue weighted by Gasteiger charge is -2.24. The summed E-state index contributed by atoms with van der Waals surface area (Å²) in [7, 11) is 0. The fraction of sp³-hybridized carbons (Fsp3) is 0.346. The maximum Gasteiger partial charge on any atom is 0.317 e. The van der Waals surface area contributed by atoms with Gasteiger partial charge in [0.05, 0.1) is 11.4 Å². The minimum atomic E-state index is -0.358. The van der Waals surface area contributed by atoms with Crippen LogP contribution in [0, 0.1) is 11.7 Å². The third-order valence-electron chi connectivity index (χ3n) is 5.13. The number of urea groups is 1. The van der Waals surface area contributed by atoms with Crippen molar-refractivity contribution in [1.29, 1.82) is 0 Å². The van der Waals surface area contributed by atoms with E-state index < -0.39 is 0 Å². The first kappa shape index (κ1) is 25.0. The summed E-state index contributed by atoms with van der Waals surface area (Å²) >= 11 is 0. The fourth-order valence-electron chi connectivity index (χ4n) is 3.50. The number of rotatable bonds is 10. The van der Waals surface area contributed by atoms with Gasteiger partial charge >= 0.3 is 6.03 Å². The van der Waals surface area contributed by atoms with E-state index in [1.807, 2.05) is 44.2 Å². The molecule has 1 heterocycles. The van der Waals surface area contributed by atoms with Crippen molar-refractivity contribution in [3.63, 3.8) is 0 Å². The molecule has 34 heavy (non-hydrogen) atoms. The summed E-state index contributed by atoms with van der Waals surface area (Å²) in [6, 6.07) is 17.0. The molecular formula is C26H32FN5O2. The zero-order chi connectivity index (χ0) is 24.5. The zero-order valence-electron chi connectivity index (χ0n) is 19.9. The molecule has 2 N–H and O–H groups in total. The highest BCUT2D eigenvalue weighted by Gasteiger charge is 2.20. The Morgan fingerprint density at radius 1 is 1.09 bits per heavy atom. The number of anilines is 1. The van der Waals surface area contributed by atoms with Gasteiger partial charge in [-0.1, -0.05) is 57.5 Å². The summed E-state index contributed by atoms with van der Waals surface area (Å²) in [5, 5.41) is 10.4. The Balaban J connectivity index is 1.83. The number of carbonyl (C=O) groups is 2. The number of hydrogen-bond donors (Lipinski definition) is 2. The second-order valence-electron chi connectivity index (χ2n) is 8.58. The van der Waals surface area contributed by atoms with Gasteiger partial charge in [-0.25, -0.2) is 13.9 Å². The van der Waals surface area contributed by atoms with Crippen molar-refractivity contribution in [2.75, 3.05) is 25.0 Å². The molecule has 8 heteroatoms. The topological polar surface area (TPSA) is 79.3 Å². The van der Waals surface area contributed by atoms with Gasteiger partial charge in [-0.15, -0.1) is 0 Å². The van der Waals surface area contributed by atoms with Gasteiger partial charge in [0.1, 0.15) is 18.2 Å². The van der Waals surface area contributed by atoms with Crippen molar-refractivity contribution in [3.05, 3.63) is 66.5 Å². The highest BCUT2D eigenvalue weighted by Crippen LogP contribution is 2.25. The molecule has 1 aromatic heterocycles. The highest BCUT2D eigenvalue weighted by molar-refractivity contribution is 5.94. The molecule has 3 amide bonds. The predicted octanol–water partition coefficient (Wildman–Crippen LogP) is 5.08. The third-order valence-corrected chi connectivity index (χ3v) is 5.13. The molecule has 0 aliphatic heterocycles. The molecule has 0 bridgehead atoms. The minimum Gasteiger partial charge on any atom is -0.338 e. The van der Waals surface area contributed by atoms with E-state index in [0.29, 0.717) is 30.3 Å². The van der Waals surface area contributed by atoms with Gasteiger partial charge in [0.15, 0.2) is 0 Å². The molecule has 0 radical (unpaired) electrons. The third kappa shape index (κ3) is 6.91. The normalized spacial score (nSPS) is 10.9. The predicted molar refractivity (Wildman–Crippen MR) is 132 cm³/mol. The summed E-state index contributed by atoms with van der Waals surface area (Å²) < 4.78 is 15.0. The van der Waals surface area contributed by atoms with Crippen LogP contribution in [0.4, 0.5) is 15.0 Å². The van der Waals surface area contributed by atoms with E-state index >= 15 is 0 Å². The average Bonchev–Trinajstić information content (AvgIpc) is 3.23. The van der Waals surface area contributed by atoms with Crippen LogP contribution in [0.3, 0.4) is 0 Å². The molecule has 3 rings (SSSR count). The van der Waals surface area contributed by atoms with Gasteiger partial charge in [-0.05, 0) is 36.6 Å². The van der Waals surface area contributed by atoms with Gasteiger partial charge in [0, 0.05) is 24.7 Å². The number of benzene rings is 2. The van der Waals surface area contributed by atoms with E-state index in [1.165, 1.54) is 17.0 Å². The number of amides is 3. The van der Waals surface area contributed by atoms with Crippen molar-refractivity contribution >= 4 is 17.8 Å². The lowest BCUT2D eigenvalue weighted by molar-refractivity contribution is -0.116. The van der Waals surface area contributed by atoms with Crippen LogP contribution in [-0.2, 0) is 4.79 Å². The Bertz CT molecular complexity index is 1080. The molecule has 0 fully saturated rings. The Kier molecular flexibility index (Phi) is 8.79. The van der Waals surface area contributed by atoms with Crippen molar-refractivity contribution in [2.24, 2.45) is 5.92 Å². The SMILES string of the molecule is CCCCNC(=O)N(CC(=O)Nc1cc(-c2ccccc2)nn1-c1ccc(F)cc1)CC(C)C. The largest absolute Gasteiger partial charge is 0.338 e. The second kappa shape index (κ2) is 12.0. The van der Waals surface area contributed by atoms with Gasteiger partial charge in [-0.2, -0.15) is 5.10 Å². The molecule has 3 aromatic rings. The molecule has 0 saturated carbocycles. The first-order valence-corrected chi connectivity index (χ1v) is 11.6. The van der Waals surface area contributed by atoms with Crippen LogP contribution in [0.1, 0.15) is 33.6 Å². The van der Waals surface area contributed by atoms with Crippen LogP contribution in [-0.4, -0.2) is 46.3 Å². The van der Waals surface area contributed by atoms with Gasteiger partial charge in [0.2, 0.25) is 5.91 Å². The number of nitrogens with one attached hydrogen (secondary N) is 2. The first-order chi connectivity index (χ1) is 16.4. The molecule has 0 aliphatic rings. The van der Waals surface area contributed by atoms with Crippen molar-refractivity contribution < 1.29 is 14.0 Å². The van der Waals surface area contributed by atoms with Crippen LogP contribution in [0.15, 0.2) is 60.7 Å². The molecule has 2 aromatic carbocycles. The summed E-state index contributed by atoms with van der Waals surface area (Å²) in [5.74, 6) is -0.0529. The number of halogens is 1. The van der Waals surface area contributed by atoms with Gasteiger partial charge < -0.3 is 15.5 Å². The molecule has 0 atom stereocenters. The number of carbonyl (C=O) groups excluding carboxylic acids is 2. The van der Waals surface area contributed by atoms with Gasteiger partial charge in [-0.3, -0.25) is 4.79 Å². The maximum atomic E-state index is 13.5. The van der Waals surface area contributed by atoms with E-state index in [0.717, 1.165) is 18.4 Å². The second-order valence-corrected chi connectivity index (χ2v) is 8.58. The van der Waals surface area contributed by atoms with Crippen LogP contribution in [0.2, 0.25) is 0 Å². The molecule has 0 spiro atoms. The molecule has 0 unspecified atom stereocenters. The number of hydrogen-bond acceptors (Lipinski definition) is 3. The zero-order valence-corrected chi connectivity index (χ0v) is 19.9. The van der Waals surface area contributed by atoms with E-state index in [4.69, 9.17) is 0 Å². The standard InChI is InChI=1S/C26H32FN5O2/c1-4-5-15-28-26(34)31(17-19(2)3)18-25(33)29-24-16-23(20-9-7-6-8-10-20)30-32(24)22-13-11-21(27)12-14-22/h6-14,16,19H,4-5,15,17-18H2,1-3H3,(H,28,34)(H,29,33). The molecule has 7 nitrogen and oxygen atoms in total. The van der Waals surface area contributed by atoms with Gasteiger partial charge in [0.25, 0.3) is 0 Å². The molecular weight excluding hydrogens is 433 g/mol. The van der Waals surface area contributed by atoms with Crippen LogP contribution in [0.25, 0.3) is 16.9 Å². The summed E-state index contributed by atoms with van der Waals surface area (Å²) in [6.07, 6.45) is 1.86. The summed E-state index contributed by atoms with van der Waals surface area (Å²) in [5.41, 5.74) is 2.15. The summed E-state index contributed by atoms with van der Waals surface area (Å²) in [4.78, 5) is 27.1.